The van der Waals surface area contributed by atoms with Gasteiger partial charge < -0.3 is 14.8 Å². The van der Waals surface area contributed by atoms with Gasteiger partial charge in [-0.15, -0.1) is 0 Å². The highest BCUT2D eigenvalue weighted by Gasteiger charge is 2.37. The molecule has 39 heavy (non-hydrogen) atoms. The van der Waals surface area contributed by atoms with Crippen molar-refractivity contribution in [1.82, 2.24) is 5.32 Å². The van der Waals surface area contributed by atoms with Crippen LogP contribution in [0.3, 0.4) is 0 Å². The molecular weight excluding hydrogens is 620 g/mol. The monoisotopic (exact) mass is 643 g/mol. The second kappa shape index (κ2) is 11.6. The molecule has 0 unspecified atom stereocenters. The molecule has 2 N–H and O–H groups in total. The first-order chi connectivity index (χ1) is 18.5. The van der Waals surface area contributed by atoms with Crippen molar-refractivity contribution in [2.75, 3.05) is 23.9 Å². The molecule has 1 fully saturated rings. The number of barbiturate groups is 1. The number of methoxy groups -OCH3 is 1. The number of ether oxygens (including phenoxy) is 2. The number of amides is 5. The number of hydrogen-bond acceptors (Lipinski definition) is 6. The summed E-state index contributed by atoms with van der Waals surface area (Å²) in [6.45, 7) is 3.34. The van der Waals surface area contributed by atoms with E-state index in [0.29, 0.717) is 20.5 Å². The summed E-state index contributed by atoms with van der Waals surface area (Å²) in [6, 6.07) is 12.9. The van der Waals surface area contributed by atoms with Gasteiger partial charge in [-0.25, -0.2) is 14.1 Å². The molecule has 11 heteroatoms. The van der Waals surface area contributed by atoms with Crippen LogP contribution in [0.1, 0.15) is 16.7 Å². The van der Waals surface area contributed by atoms with Gasteiger partial charge in [0.2, 0.25) is 0 Å². The minimum Gasteiger partial charge on any atom is -0.493 e. The average Bonchev–Trinajstić information content (AvgIpc) is 2.86. The minimum atomic E-state index is -0.832. The van der Waals surface area contributed by atoms with Crippen LogP contribution in [0, 0.1) is 23.2 Å². The summed E-state index contributed by atoms with van der Waals surface area (Å²) < 4.78 is 24.7. The summed E-state index contributed by atoms with van der Waals surface area (Å²) in [7, 11) is 1.41. The molecule has 200 valence electrons. The predicted octanol–water partition coefficient (Wildman–Crippen LogP) is 4.74. The Hall–Kier alpha value is -4.26. The van der Waals surface area contributed by atoms with E-state index in [1.165, 1.54) is 37.5 Å². The van der Waals surface area contributed by atoms with Crippen LogP contribution in [0.5, 0.6) is 11.5 Å². The second-order valence-electron chi connectivity index (χ2n) is 8.68. The number of aryl methyl sites for hydroxylation is 2. The quantitative estimate of drug-likeness (QED) is 0.219. The van der Waals surface area contributed by atoms with E-state index < -0.39 is 29.6 Å². The van der Waals surface area contributed by atoms with Crippen molar-refractivity contribution in [2.24, 2.45) is 0 Å². The van der Waals surface area contributed by atoms with Crippen molar-refractivity contribution in [1.29, 1.82) is 0 Å². The first-order valence-electron chi connectivity index (χ1n) is 11.6. The molecule has 1 aliphatic heterocycles. The van der Waals surface area contributed by atoms with E-state index in [-0.39, 0.29) is 23.7 Å². The number of hydrogen-bond donors (Lipinski definition) is 2. The Labute approximate surface area is 237 Å². The third-order valence-electron chi connectivity index (χ3n) is 5.60. The number of carbonyl (C=O) groups is 4. The van der Waals surface area contributed by atoms with Gasteiger partial charge in [0.25, 0.3) is 17.7 Å². The summed E-state index contributed by atoms with van der Waals surface area (Å²) in [4.78, 5) is 51.7. The summed E-state index contributed by atoms with van der Waals surface area (Å²) in [6.07, 6.45) is 1.36. The SMILES string of the molecule is COc1cc(/C=C2\C(=O)NC(=O)N(c3cc(C)cc(C)c3)C2=O)cc(I)c1OCC(=O)Nc1ccc(F)cc1. The standard InChI is InChI=1S/C28H23FIN3O6/c1-15-8-16(2)10-20(9-15)33-27(36)21(26(35)32-28(33)37)11-17-12-22(30)25(23(13-17)38-3)39-14-24(34)31-19-6-4-18(29)5-7-19/h4-13H,14H2,1-3H3,(H,31,34)(H,32,35,37)/b21-11+. The third kappa shape index (κ3) is 6.42. The van der Waals surface area contributed by atoms with Crippen LogP contribution in [-0.2, 0) is 14.4 Å². The van der Waals surface area contributed by atoms with Crippen molar-refractivity contribution in [3.05, 3.63) is 86.2 Å². The fourth-order valence-corrected chi connectivity index (χ4v) is 4.75. The van der Waals surface area contributed by atoms with Crippen molar-refractivity contribution >= 4 is 63.8 Å². The van der Waals surface area contributed by atoms with Gasteiger partial charge in [0.1, 0.15) is 11.4 Å². The number of carbonyl (C=O) groups excluding carboxylic acids is 4. The molecule has 0 aliphatic carbocycles. The Bertz CT molecular complexity index is 1500. The van der Waals surface area contributed by atoms with E-state index in [1.54, 1.807) is 24.3 Å². The van der Waals surface area contributed by atoms with Crippen LogP contribution in [0.4, 0.5) is 20.6 Å². The van der Waals surface area contributed by atoms with Gasteiger partial charge in [-0.05, 0) is 108 Å². The third-order valence-corrected chi connectivity index (χ3v) is 6.41. The number of anilines is 2. The Morgan fingerprint density at radius 2 is 1.72 bits per heavy atom. The number of imide groups is 2. The van der Waals surface area contributed by atoms with Crippen molar-refractivity contribution in [3.63, 3.8) is 0 Å². The van der Waals surface area contributed by atoms with Crippen molar-refractivity contribution in [2.45, 2.75) is 13.8 Å². The summed E-state index contributed by atoms with van der Waals surface area (Å²) >= 11 is 1.98. The topological polar surface area (TPSA) is 114 Å². The zero-order valence-corrected chi connectivity index (χ0v) is 23.3. The van der Waals surface area contributed by atoms with Crippen molar-refractivity contribution in [3.8, 4) is 11.5 Å². The maximum atomic E-state index is 13.3. The summed E-state index contributed by atoms with van der Waals surface area (Å²) in [5.74, 6) is -1.94. The molecule has 1 heterocycles. The Morgan fingerprint density at radius 1 is 1.05 bits per heavy atom. The first-order valence-corrected chi connectivity index (χ1v) is 12.7. The van der Waals surface area contributed by atoms with E-state index in [9.17, 15) is 23.6 Å². The highest BCUT2D eigenvalue weighted by atomic mass is 127. The first kappa shape index (κ1) is 27.8. The minimum absolute atomic E-state index is 0.237. The maximum Gasteiger partial charge on any atom is 0.335 e. The lowest BCUT2D eigenvalue weighted by molar-refractivity contribution is -0.122. The predicted molar refractivity (Wildman–Crippen MR) is 151 cm³/mol. The zero-order chi connectivity index (χ0) is 28.3. The van der Waals surface area contributed by atoms with E-state index in [1.807, 2.05) is 42.5 Å². The maximum absolute atomic E-state index is 13.3. The molecule has 9 nitrogen and oxygen atoms in total. The molecule has 0 bridgehead atoms. The largest absolute Gasteiger partial charge is 0.493 e. The molecule has 0 saturated carbocycles. The van der Waals surface area contributed by atoms with Crippen LogP contribution < -0.4 is 25.0 Å². The highest BCUT2D eigenvalue weighted by Crippen LogP contribution is 2.35. The number of nitrogens with zero attached hydrogens (tertiary/aromatic N) is 1. The van der Waals surface area contributed by atoms with E-state index >= 15 is 0 Å². The molecule has 0 spiro atoms. The van der Waals surface area contributed by atoms with Gasteiger partial charge in [0.05, 0.1) is 16.4 Å². The summed E-state index contributed by atoms with van der Waals surface area (Å²) in [5, 5.41) is 4.82. The van der Waals surface area contributed by atoms with Crippen LogP contribution >= 0.6 is 22.6 Å². The van der Waals surface area contributed by atoms with Crippen LogP contribution in [0.25, 0.3) is 6.08 Å². The number of halogens is 2. The fourth-order valence-electron chi connectivity index (χ4n) is 3.97. The lowest BCUT2D eigenvalue weighted by Crippen LogP contribution is -2.54. The second-order valence-corrected chi connectivity index (χ2v) is 9.84. The fraction of sp³-hybridized carbons (Fsp3) is 0.143. The molecule has 4 rings (SSSR count). The smallest absolute Gasteiger partial charge is 0.335 e. The van der Waals surface area contributed by atoms with Gasteiger partial charge in [-0.2, -0.15) is 0 Å². The van der Waals surface area contributed by atoms with E-state index in [4.69, 9.17) is 9.47 Å². The zero-order valence-electron chi connectivity index (χ0n) is 21.1. The van der Waals surface area contributed by atoms with Gasteiger partial charge >= 0.3 is 6.03 Å². The van der Waals surface area contributed by atoms with Crippen molar-refractivity contribution < 1.29 is 33.0 Å². The average molecular weight is 643 g/mol. The van der Waals surface area contributed by atoms with Crippen LogP contribution in [0.2, 0.25) is 0 Å². The molecule has 3 aromatic rings. The number of benzene rings is 3. The molecule has 5 amide bonds. The molecule has 0 radical (unpaired) electrons. The van der Waals surface area contributed by atoms with Crippen LogP contribution in [0.15, 0.2) is 60.2 Å². The normalized spacial score (nSPS) is 14.3. The van der Waals surface area contributed by atoms with Gasteiger partial charge in [0, 0.05) is 5.69 Å². The molecular formula is C28H23FIN3O6. The summed E-state index contributed by atoms with van der Waals surface area (Å²) in [5.41, 5.74) is 2.68. The lowest BCUT2D eigenvalue weighted by Gasteiger charge is -2.27. The van der Waals surface area contributed by atoms with Crippen LogP contribution in [-0.4, -0.2) is 37.5 Å². The molecule has 0 atom stereocenters. The number of urea groups is 1. The Morgan fingerprint density at radius 3 is 2.36 bits per heavy atom. The molecule has 0 aromatic heterocycles. The Balaban J connectivity index is 1.57. The number of rotatable bonds is 7. The lowest BCUT2D eigenvalue weighted by atomic mass is 10.0. The molecule has 1 aliphatic rings. The van der Waals surface area contributed by atoms with Gasteiger partial charge in [-0.3, -0.25) is 19.7 Å². The highest BCUT2D eigenvalue weighted by molar-refractivity contribution is 14.1. The van der Waals surface area contributed by atoms with E-state index in [2.05, 4.69) is 10.6 Å². The van der Waals surface area contributed by atoms with Gasteiger partial charge in [0.15, 0.2) is 18.1 Å². The molecule has 3 aromatic carbocycles. The van der Waals surface area contributed by atoms with Gasteiger partial charge in [-0.1, -0.05) is 6.07 Å². The Kier molecular flexibility index (Phi) is 8.29. The van der Waals surface area contributed by atoms with E-state index in [0.717, 1.165) is 16.0 Å². The molecule has 1 saturated heterocycles. The number of nitrogens with one attached hydrogen (secondary N) is 2.